The van der Waals surface area contributed by atoms with Gasteiger partial charge in [0.05, 0.1) is 12.2 Å². The van der Waals surface area contributed by atoms with E-state index in [-0.39, 0.29) is 33.9 Å². The molecule has 6 unspecified atom stereocenters. The Kier molecular flexibility index (Phi) is 5.33. The maximum Gasteiger partial charge on any atom is 0.192 e. The highest BCUT2D eigenvalue weighted by Gasteiger charge is 2.67. The van der Waals surface area contributed by atoms with Gasteiger partial charge in [-0.2, -0.15) is 0 Å². The smallest absolute Gasteiger partial charge is 0.192 e. The van der Waals surface area contributed by atoms with E-state index < -0.39 is 14.1 Å². The summed E-state index contributed by atoms with van der Waals surface area (Å²) in [6, 6.07) is 0. The van der Waals surface area contributed by atoms with E-state index in [4.69, 9.17) is 13.9 Å². The molecular weight excluding hydrogens is 428 g/mol. The third-order valence-electron chi connectivity index (χ3n) is 11.0. The van der Waals surface area contributed by atoms with Crippen molar-refractivity contribution in [2.24, 2.45) is 28.6 Å². The minimum absolute atomic E-state index is 0.0449. The Balaban J connectivity index is 1.52. The standard InChI is InChI=1S/C28H46O4Si/c1-25(2,3)33(8,9)32-21-11-10-18-22-19(13-15-28(18,21)7)27(6)14-12-17(29)16-20(27)23-24(22)31-26(4,5)30-23/h16,18-19,21-24H,10-15H2,1-9H3/t18?,19?,21?,22?,23?,24?,27-,28+/m1/s1. The molecule has 0 aromatic carbocycles. The van der Waals surface area contributed by atoms with Gasteiger partial charge in [-0.15, -0.1) is 0 Å². The fourth-order valence-corrected chi connectivity index (χ4v) is 9.58. The van der Waals surface area contributed by atoms with Crippen molar-refractivity contribution in [3.8, 4) is 0 Å². The molecule has 33 heavy (non-hydrogen) atoms. The second kappa shape index (κ2) is 7.27. The number of hydrogen-bond donors (Lipinski definition) is 0. The van der Waals surface area contributed by atoms with E-state index in [1.807, 2.05) is 19.9 Å². The Morgan fingerprint density at radius 3 is 2.36 bits per heavy atom. The summed E-state index contributed by atoms with van der Waals surface area (Å²) in [6.45, 7) is 20.9. The number of carbonyl (C=O) groups is 1. The van der Waals surface area contributed by atoms with E-state index in [0.29, 0.717) is 30.3 Å². The summed E-state index contributed by atoms with van der Waals surface area (Å²) in [7, 11) is -1.84. The summed E-state index contributed by atoms with van der Waals surface area (Å²) in [4.78, 5) is 12.5. The van der Waals surface area contributed by atoms with Crippen LogP contribution < -0.4 is 0 Å². The molecule has 0 aromatic rings. The van der Waals surface area contributed by atoms with Gasteiger partial charge in [-0.05, 0) is 104 Å². The zero-order chi connectivity index (χ0) is 24.2. The summed E-state index contributed by atoms with van der Waals surface area (Å²) < 4.78 is 20.4. The van der Waals surface area contributed by atoms with Crippen LogP contribution in [0.2, 0.25) is 18.1 Å². The number of hydrogen-bond acceptors (Lipinski definition) is 4. The van der Waals surface area contributed by atoms with Crippen molar-refractivity contribution in [3.63, 3.8) is 0 Å². The quantitative estimate of drug-likeness (QED) is 0.420. The van der Waals surface area contributed by atoms with Crippen molar-refractivity contribution in [2.45, 2.75) is 129 Å². The molecule has 4 aliphatic carbocycles. The second-order valence-electron chi connectivity index (χ2n) is 14.3. The fraction of sp³-hybridized carbons (Fsp3) is 0.893. The van der Waals surface area contributed by atoms with Crippen molar-refractivity contribution in [1.82, 2.24) is 0 Å². The first kappa shape index (κ1) is 24.2. The van der Waals surface area contributed by atoms with E-state index in [1.165, 1.54) is 24.8 Å². The Morgan fingerprint density at radius 2 is 1.70 bits per heavy atom. The maximum absolute atomic E-state index is 12.5. The van der Waals surface area contributed by atoms with Crippen molar-refractivity contribution in [1.29, 1.82) is 0 Å². The third kappa shape index (κ3) is 3.50. The lowest BCUT2D eigenvalue weighted by molar-refractivity contribution is -0.164. The third-order valence-corrected chi connectivity index (χ3v) is 15.5. The lowest BCUT2D eigenvalue weighted by Crippen LogP contribution is -2.60. The van der Waals surface area contributed by atoms with Crippen LogP contribution in [0.15, 0.2) is 11.6 Å². The van der Waals surface area contributed by atoms with Crippen molar-refractivity contribution < 1.29 is 18.7 Å². The van der Waals surface area contributed by atoms with Gasteiger partial charge in [0.25, 0.3) is 0 Å². The van der Waals surface area contributed by atoms with E-state index in [0.717, 1.165) is 12.8 Å². The molecule has 1 saturated heterocycles. The van der Waals surface area contributed by atoms with E-state index in [2.05, 4.69) is 47.7 Å². The van der Waals surface area contributed by atoms with Crippen LogP contribution in [0, 0.1) is 28.6 Å². The molecule has 1 aliphatic heterocycles. The number of ketones is 1. The first-order chi connectivity index (χ1) is 15.1. The highest BCUT2D eigenvalue weighted by atomic mass is 28.4. The molecule has 1 heterocycles. The van der Waals surface area contributed by atoms with E-state index >= 15 is 0 Å². The molecule has 0 spiro atoms. The Bertz CT molecular complexity index is 870. The predicted molar refractivity (Wildman–Crippen MR) is 133 cm³/mol. The first-order valence-electron chi connectivity index (χ1n) is 13.4. The van der Waals surface area contributed by atoms with Gasteiger partial charge in [0.15, 0.2) is 19.9 Å². The van der Waals surface area contributed by atoms with Crippen molar-refractivity contribution in [3.05, 3.63) is 11.6 Å². The number of ether oxygens (including phenoxy) is 2. The molecule has 0 bridgehead atoms. The molecule has 5 rings (SSSR count). The fourth-order valence-electron chi connectivity index (χ4n) is 8.13. The topological polar surface area (TPSA) is 44.8 Å². The number of carbonyl (C=O) groups excluding carboxylic acids is 1. The van der Waals surface area contributed by atoms with Gasteiger partial charge in [0.1, 0.15) is 6.10 Å². The number of fused-ring (bicyclic) bond motifs is 8. The minimum atomic E-state index is -1.84. The van der Waals surface area contributed by atoms with Crippen LogP contribution in [-0.2, 0) is 18.7 Å². The minimum Gasteiger partial charge on any atom is -0.413 e. The van der Waals surface area contributed by atoms with Gasteiger partial charge in [-0.3, -0.25) is 4.79 Å². The zero-order valence-corrected chi connectivity index (χ0v) is 23.4. The lowest BCUT2D eigenvalue weighted by atomic mass is 9.46. The van der Waals surface area contributed by atoms with Crippen LogP contribution in [0.5, 0.6) is 0 Å². The van der Waals surface area contributed by atoms with Crippen LogP contribution in [0.3, 0.4) is 0 Å². The summed E-state index contributed by atoms with van der Waals surface area (Å²) >= 11 is 0. The molecule has 0 aromatic heterocycles. The van der Waals surface area contributed by atoms with E-state index in [1.54, 1.807) is 0 Å². The van der Waals surface area contributed by atoms with Gasteiger partial charge in [0, 0.05) is 6.42 Å². The van der Waals surface area contributed by atoms with Crippen LogP contribution in [0.25, 0.3) is 0 Å². The normalized spacial score (nSPS) is 46.8. The molecule has 0 radical (unpaired) electrons. The van der Waals surface area contributed by atoms with Crippen LogP contribution in [0.1, 0.15) is 87.0 Å². The summed E-state index contributed by atoms with van der Waals surface area (Å²) in [6.07, 6.45) is 8.67. The molecule has 4 nitrogen and oxygen atoms in total. The first-order valence-corrected chi connectivity index (χ1v) is 16.3. The molecular formula is C28H46O4Si. The molecule has 0 N–H and O–H groups in total. The Hall–Kier alpha value is -0.493. The molecule has 8 atom stereocenters. The molecule has 5 aliphatic rings. The van der Waals surface area contributed by atoms with Gasteiger partial charge < -0.3 is 13.9 Å². The summed E-state index contributed by atoms with van der Waals surface area (Å²) in [5.41, 5.74) is 1.47. The van der Waals surface area contributed by atoms with Gasteiger partial charge in [0.2, 0.25) is 0 Å². The monoisotopic (exact) mass is 474 g/mol. The highest BCUT2D eigenvalue weighted by molar-refractivity contribution is 6.74. The van der Waals surface area contributed by atoms with Crippen molar-refractivity contribution >= 4 is 14.1 Å². The van der Waals surface area contributed by atoms with E-state index in [9.17, 15) is 4.79 Å². The molecule has 0 amide bonds. The van der Waals surface area contributed by atoms with Crippen molar-refractivity contribution in [2.75, 3.05) is 0 Å². The van der Waals surface area contributed by atoms with Crippen LogP contribution in [-0.4, -0.2) is 38.2 Å². The highest BCUT2D eigenvalue weighted by Crippen LogP contribution is 2.68. The Morgan fingerprint density at radius 1 is 1.00 bits per heavy atom. The molecule has 5 heteroatoms. The van der Waals surface area contributed by atoms with Gasteiger partial charge in [-0.25, -0.2) is 0 Å². The number of rotatable bonds is 2. The summed E-state index contributed by atoms with van der Waals surface area (Å²) in [5, 5.41) is 0.225. The molecule has 4 fully saturated rings. The van der Waals surface area contributed by atoms with Crippen LogP contribution in [0.4, 0.5) is 0 Å². The average molecular weight is 475 g/mol. The lowest BCUT2D eigenvalue weighted by Gasteiger charge is -2.60. The predicted octanol–water partition coefficient (Wildman–Crippen LogP) is 6.65. The molecule has 3 saturated carbocycles. The Labute approximate surface area is 202 Å². The van der Waals surface area contributed by atoms with Gasteiger partial charge >= 0.3 is 0 Å². The average Bonchev–Trinajstić information content (AvgIpc) is 3.18. The van der Waals surface area contributed by atoms with Crippen LogP contribution >= 0.6 is 0 Å². The summed E-state index contributed by atoms with van der Waals surface area (Å²) in [5.74, 6) is 1.28. The van der Waals surface area contributed by atoms with Gasteiger partial charge in [-0.1, -0.05) is 34.6 Å². The molecule has 186 valence electrons. The SMILES string of the molecule is CC1(C)OC2C3=CC(=O)CC[C@]3(C)C3CC[C@]4(C)C(O[Si](C)(C)C(C)(C)C)CCC4C3C2O1. The zero-order valence-electron chi connectivity index (χ0n) is 22.4. The largest absolute Gasteiger partial charge is 0.413 e. The second-order valence-corrected chi connectivity index (χ2v) is 19.0. The maximum atomic E-state index is 12.5.